The van der Waals surface area contributed by atoms with Crippen LogP contribution in [0.25, 0.3) is 0 Å². The summed E-state index contributed by atoms with van der Waals surface area (Å²) in [5, 5.41) is 3.84. The summed E-state index contributed by atoms with van der Waals surface area (Å²) >= 11 is 1.63. The van der Waals surface area contributed by atoms with E-state index in [1.807, 2.05) is 43.3 Å². The van der Waals surface area contributed by atoms with E-state index in [-0.39, 0.29) is 5.91 Å². The van der Waals surface area contributed by atoms with Crippen LogP contribution in [0.1, 0.15) is 18.4 Å². The number of aryl methyl sites for hydroxylation is 1. The third kappa shape index (κ3) is 5.47. The molecule has 2 rings (SSSR count). The van der Waals surface area contributed by atoms with Gasteiger partial charge in [0, 0.05) is 12.1 Å². The first-order valence-electron chi connectivity index (χ1n) is 6.84. The maximum Gasteiger partial charge on any atom is 0.224 e. The zero-order chi connectivity index (χ0) is 15.1. The average Bonchev–Trinajstić information content (AvgIpc) is 2.45. The number of hydrogen-bond donors (Lipinski definition) is 2. The first kappa shape index (κ1) is 15.4. The number of hydrogen-bond acceptors (Lipinski definition) is 4. The number of carbonyl (C=O) groups excluding carboxylic acids is 1. The number of anilines is 2. The highest BCUT2D eigenvalue weighted by atomic mass is 32.2. The van der Waals surface area contributed by atoms with Gasteiger partial charge in [0.25, 0.3) is 0 Å². The van der Waals surface area contributed by atoms with Crippen molar-refractivity contribution in [3.63, 3.8) is 0 Å². The molecule has 4 nitrogen and oxygen atoms in total. The Bertz CT molecular complexity index is 599. The number of aromatic nitrogens is 1. The molecule has 2 aromatic rings. The van der Waals surface area contributed by atoms with Crippen LogP contribution in [0.5, 0.6) is 0 Å². The fraction of sp³-hybridized carbons (Fsp3) is 0.250. The Labute approximate surface area is 129 Å². The van der Waals surface area contributed by atoms with Gasteiger partial charge in [-0.3, -0.25) is 4.79 Å². The fourth-order valence-electron chi connectivity index (χ4n) is 1.83. The molecule has 0 aliphatic carbocycles. The molecule has 0 saturated heterocycles. The molecule has 0 spiro atoms. The van der Waals surface area contributed by atoms with Crippen LogP contribution in [0.4, 0.5) is 11.4 Å². The Morgan fingerprint density at radius 1 is 1.33 bits per heavy atom. The minimum absolute atomic E-state index is 0.0477. The Hall–Kier alpha value is -2.01. The molecule has 1 aromatic carbocycles. The number of nitrogens with two attached hydrogens (primary N) is 1. The molecule has 110 valence electrons. The van der Waals surface area contributed by atoms with Crippen molar-refractivity contribution in [1.29, 1.82) is 0 Å². The molecular weight excluding hydrogens is 282 g/mol. The number of pyridine rings is 1. The lowest BCUT2D eigenvalue weighted by Crippen LogP contribution is -2.11. The van der Waals surface area contributed by atoms with Gasteiger partial charge in [0.1, 0.15) is 0 Å². The number of rotatable bonds is 6. The highest BCUT2D eigenvalue weighted by Gasteiger charge is 2.03. The van der Waals surface area contributed by atoms with Crippen molar-refractivity contribution < 1.29 is 4.79 Å². The normalized spacial score (nSPS) is 10.3. The summed E-state index contributed by atoms with van der Waals surface area (Å²) in [4.78, 5) is 16.0. The topological polar surface area (TPSA) is 68.0 Å². The second kappa shape index (κ2) is 7.69. The van der Waals surface area contributed by atoms with E-state index >= 15 is 0 Å². The van der Waals surface area contributed by atoms with Crippen LogP contribution in [-0.4, -0.2) is 16.6 Å². The maximum atomic E-state index is 11.8. The molecule has 0 atom stereocenters. The van der Waals surface area contributed by atoms with Gasteiger partial charge in [0.2, 0.25) is 5.91 Å². The summed E-state index contributed by atoms with van der Waals surface area (Å²) in [5.41, 5.74) is 8.24. The van der Waals surface area contributed by atoms with Crippen LogP contribution in [0.15, 0.2) is 47.6 Å². The lowest BCUT2D eigenvalue weighted by atomic mass is 10.2. The predicted octanol–water partition coefficient (Wildman–Crippen LogP) is 3.48. The molecule has 1 heterocycles. The van der Waals surface area contributed by atoms with Crippen LogP contribution in [0.3, 0.4) is 0 Å². The SMILES string of the molecule is Cc1cccc(NC(=O)CCCSc2ccc(N)cn2)c1. The summed E-state index contributed by atoms with van der Waals surface area (Å²) in [6.07, 6.45) is 2.97. The van der Waals surface area contributed by atoms with Crippen molar-refractivity contribution in [1.82, 2.24) is 4.98 Å². The number of amides is 1. The van der Waals surface area contributed by atoms with Crippen molar-refractivity contribution >= 4 is 29.0 Å². The van der Waals surface area contributed by atoms with Crippen molar-refractivity contribution in [3.05, 3.63) is 48.2 Å². The lowest BCUT2D eigenvalue weighted by Gasteiger charge is -2.06. The molecule has 5 heteroatoms. The van der Waals surface area contributed by atoms with Gasteiger partial charge in [-0.2, -0.15) is 0 Å². The van der Waals surface area contributed by atoms with Gasteiger partial charge in [0.05, 0.1) is 16.9 Å². The molecule has 0 aliphatic rings. The van der Waals surface area contributed by atoms with Gasteiger partial charge < -0.3 is 11.1 Å². The summed E-state index contributed by atoms with van der Waals surface area (Å²) < 4.78 is 0. The summed E-state index contributed by atoms with van der Waals surface area (Å²) in [6.45, 7) is 2.01. The van der Waals surface area contributed by atoms with Crippen molar-refractivity contribution in [3.8, 4) is 0 Å². The van der Waals surface area contributed by atoms with E-state index in [9.17, 15) is 4.79 Å². The van der Waals surface area contributed by atoms with Gasteiger partial charge in [-0.15, -0.1) is 11.8 Å². The van der Waals surface area contributed by atoms with Crippen LogP contribution < -0.4 is 11.1 Å². The number of nitrogens with zero attached hydrogens (tertiary/aromatic N) is 1. The van der Waals surface area contributed by atoms with Crippen LogP contribution in [0.2, 0.25) is 0 Å². The van der Waals surface area contributed by atoms with E-state index in [1.165, 1.54) is 0 Å². The lowest BCUT2D eigenvalue weighted by molar-refractivity contribution is -0.116. The fourth-order valence-corrected chi connectivity index (χ4v) is 2.62. The van der Waals surface area contributed by atoms with Gasteiger partial charge in [0.15, 0.2) is 0 Å². The largest absolute Gasteiger partial charge is 0.397 e. The number of nitrogen functional groups attached to an aromatic ring is 1. The van der Waals surface area contributed by atoms with Crippen LogP contribution >= 0.6 is 11.8 Å². The first-order valence-corrected chi connectivity index (χ1v) is 7.83. The van der Waals surface area contributed by atoms with Gasteiger partial charge >= 0.3 is 0 Å². The quantitative estimate of drug-likeness (QED) is 0.633. The van der Waals surface area contributed by atoms with Gasteiger partial charge in [-0.05, 0) is 48.9 Å². The zero-order valence-corrected chi connectivity index (χ0v) is 12.8. The maximum absolute atomic E-state index is 11.8. The third-order valence-electron chi connectivity index (χ3n) is 2.86. The molecular formula is C16H19N3OS. The van der Waals surface area contributed by atoms with E-state index < -0.39 is 0 Å². The van der Waals surface area contributed by atoms with E-state index in [0.717, 1.165) is 28.5 Å². The van der Waals surface area contributed by atoms with Crippen molar-refractivity contribution in [2.45, 2.75) is 24.8 Å². The minimum Gasteiger partial charge on any atom is -0.397 e. The molecule has 1 amide bonds. The molecule has 0 fully saturated rings. The average molecular weight is 301 g/mol. The number of thioether (sulfide) groups is 1. The van der Waals surface area contributed by atoms with E-state index in [2.05, 4.69) is 10.3 Å². The predicted molar refractivity (Wildman–Crippen MR) is 88.4 cm³/mol. The monoisotopic (exact) mass is 301 g/mol. The summed E-state index contributed by atoms with van der Waals surface area (Å²) in [7, 11) is 0. The number of benzene rings is 1. The third-order valence-corrected chi connectivity index (χ3v) is 3.89. The molecule has 3 N–H and O–H groups in total. The molecule has 0 bridgehead atoms. The Kier molecular flexibility index (Phi) is 5.63. The Morgan fingerprint density at radius 3 is 2.90 bits per heavy atom. The van der Waals surface area contributed by atoms with Gasteiger partial charge in [-0.25, -0.2) is 4.98 Å². The molecule has 0 radical (unpaired) electrons. The molecule has 0 unspecified atom stereocenters. The smallest absolute Gasteiger partial charge is 0.224 e. The summed E-state index contributed by atoms with van der Waals surface area (Å²) in [5.74, 6) is 0.907. The van der Waals surface area contributed by atoms with Crippen molar-refractivity contribution in [2.75, 3.05) is 16.8 Å². The zero-order valence-electron chi connectivity index (χ0n) is 12.0. The van der Waals surface area contributed by atoms with Crippen LogP contribution in [0, 0.1) is 6.92 Å². The van der Waals surface area contributed by atoms with E-state index in [1.54, 1.807) is 18.0 Å². The van der Waals surface area contributed by atoms with Gasteiger partial charge in [-0.1, -0.05) is 12.1 Å². The number of carbonyl (C=O) groups is 1. The van der Waals surface area contributed by atoms with Crippen molar-refractivity contribution in [2.24, 2.45) is 0 Å². The molecule has 1 aromatic heterocycles. The minimum atomic E-state index is 0.0477. The highest BCUT2D eigenvalue weighted by Crippen LogP contribution is 2.18. The second-order valence-corrected chi connectivity index (χ2v) is 5.91. The van der Waals surface area contributed by atoms with E-state index in [0.29, 0.717) is 12.1 Å². The standard InChI is InChI=1S/C16H19N3OS/c1-12-4-2-5-14(10-12)19-15(20)6-3-9-21-16-8-7-13(17)11-18-16/h2,4-5,7-8,10-11H,3,6,9,17H2,1H3,(H,19,20). The highest BCUT2D eigenvalue weighted by molar-refractivity contribution is 7.99. The van der Waals surface area contributed by atoms with Crippen LogP contribution in [-0.2, 0) is 4.79 Å². The molecule has 0 saturated carbocycles. The molecule has 21 heavy (non-hydrogen) atoms. The van der Waals surface area contributed by atoms with E-state index in [4.69, 9.17) is 5.73 Å². The first-order chi connectivity index (χ1) is 10.1. The Morgan fingerprint density at radius 2 is 2.19 bits per heavy atom. The molecule has 0 aliphatic heterocycles. The number of nitrogens with one attached hydrogen (secondary N) is 1. The Balaban J connectivity index is 1.68. The summed E-state index contributed by atoms with van der Waals surface area (Å²) in [6, 6.07) is 11.5. The second-order valence-electron chi connectivity index (χ2n) is 4.80.